The number of benzene rings is 1. The molecular weight excluding hydrogens is 272 g/mol. The average Bonchev–Trinajstić information content (AvgIpc) is 2.44. The number of aromatic nitrogens is 1. The van der Waals surface area contributed by atoms with E-state index in [9.17, 15) is 8.42 Å². The molecule has 0 aliphatic heterocycles. The van der Waals surface area contributed by atoms with Crippen molar-refractivity contribution >= 4 is 20.9 Å². The van der Waals surface area contributed by atoms with E-state index in [4.69, 9.17) is 0 Å². The van der Waals surface area contributed by atoms with Gasteiger partial charge in [0.2, 0.25) is 10.0 Å². The first-order chi connectivity index (χ1) is 9.62. The Hall–Kier alpha value is -1.46. The molecule has 20 heavy (non-hydrogen) atoms. The van der Waals surface area contributed by atoms with Crippen LogP contribution in [0.5, 0.6) is 0 Å². The minimum Gasteiger partial charge on any atom is -0.256 e. The molecule has 0 radical (unpaired) electrons. The molecule has 0 aliphatic rings. The zero-order valence-corrected chi connectivity index (χ0v) is 12.5. The van der Waals surface area contributed by atoms with Crippen molar-refractivity contribution in [2.75, 3.05) is 6.54 Å². The molecule has 4 nitrogen and oxygen atoms in total. The molecule has 0 fully saturated rings. The van der Waals surface area contributed by atoms with E-state index in [0.717, 1.165) is 35.7 Å². The predicted molar refractivity (Wildman–Crippen MR) is 81.9 cm³/mol. The number of sulfonamides is 1. The molecule has 1 aromatic heterocycles. The summed E-state index contributed by atoms with van der Waals surface area (Å²) in [4.78, 5) is 4.28. The Labute approximate surface area is 120 Å². The Morgan fingerprint density at radius 1 is 1.15 bits per heavy atom. The van der Waals surface area contributed by atoms with Gasteiger partial charge in [-0.25, -0.2) is 13.1 Å². The lowest BCUT2D eigenvalue weighted by Gasteiger charge is -2.08. The number of fused-ring (bicyclic) bond motifs is 1. The molecule has 2 aromatic rings. The second-order valence-corrected chi connectivity index (χ2v) is 6.66. The summed E-state index contributed by atoms with van der Waals surface area (Å²) in [6.45, 7) is 2.60. The molecule has 0 bridgehead atoms. The van der Waals surface area contributed by atoms with E-state index in [1.807, 2.05) is 30.3 Å². The summed E-state index contributed by atoms with van der Waals surface area (Å²) in [5.41, 5.74) is 1.50. The smallest absolute Gasteiger partial charge is 0.215 e. The fourth-order valence-electron chi connectivity index (χ4n) is 2.14. The molecule has 0 saturated heterocycles. The van der Waals surface area contributed by atoms with Gasteiger partial charge in [0.15, 0.2) is 0 Å². The lowest BCUT2D eigenvalue weighted by Crippen LogP contribution is -2.26. The summed E-state index contributed by atoms with van der Waals surface area (Å²) in [6, 6.07) is 9.41. The summed E-state index contributed by atoms with van der Waals surface area (Å²) in [5.74, 6) is -0.0204. The van der Waals surface area contributed by atoms with Crippen molar-refractivity contribution in [3.63, 3.8) is 0 Å². The molecule has 108 valence electrons. The van der Waals surface area contributed by atoms with Gasteiger partial charge in [0.25, 0.3) is 0 Å². The Balaban J connectivity index is 2.11. The molecule has 1 N–H and O–H groups in total. The minimum absolute atomic E-state index is 0.0204. The number of unbranched alkanes of at least 4 members (excludes halogenated alkanes) is 2. The number of hydrogen-bond acceptors (Lipinski definition) is 3. The lowest BCUT2D eigenvalue weighted by molar-refractivity contribution is 0.575. The van der Waals surface area contributed by atoms with Crippen molar-refractivity contribution in [3.8, 4) is 0 Å². The third kappa shape index (κ3) is 4.02. The van der Waals surface area contributed by atoms with Crippen LogP contribution in [0.1, 0.15) is 31.7 Å². The number of pyridine rings is 1. The number of rotatable bonds is 7. The standard InChI is InChI=1S/C15H20N2O2S/c1-2-3-4-11-17-20(18,19)12-14-8-5-7-13-9-6-10-16-15(13)14/h5-10,17H,2-4,11-12H2,1H3. The number of para-hydroxylation sites is 1. The second-order valence-electron chi connectivity index (χ2n) is 4.85. The van der Waals surface area contributed by atoms with E-state index in [2.05, 4.69) is 16.6 Å². The highest BCUT2D eigenvalue weighted by Crippen LogP contribution is 2.17. The van der Waals surface area contributed by atoms with E-state index in [1.165, 1.54) is 0 Å². The van der Waals surface area contributed by atoms with Crippen LogP contribution in [0.15, 0.2) is 36.5 Å². The van der Waals surface area contributed by atoms with Gasteiger partial charge < -0.3 is 0 Å². The summed E-state index contributed by atoms with van der Waals surface area (Å²) in [7, 11) is -3.30. The van der Waals surface area contributed by atoms with Crippen molar-refractivity contribution in [2.45, 2.75) is 31.9 Å². The number of hydrogen-bond donors (Lipinski definition) is 1. The minimum atomic E-state index is -3.30. The highest BCUT2D eigenvalue weighted by atomic mass is 32.2. The molecule has 0 aliphatic carbocycles. The van der Waals surface area contributed by atoms with Gasteiger partial charge in [-0.1, -0.05) is 44.0 Å². The van der Waals surface area contributed by atoms with Crippen molar-refractivity contribution in [1.29, 1.82) is 0 Å². The van der Waals surface area contributed by atoms with Gasteiger partial charge in [0.1, 0.15) is 0 Å². The SMILES string of the molecule is CCCCCNS(=O)(=O)Cc1cccc2cccnc12. The molecule has 0 atom stereocenters. The molecular formula is C15H20N2O2S. The molecule has 2 rings (SSSR count). The van der Waals surface area contributed by atoms with Crippen LogP contribution >= 0.6 is 0 Å². The third-order valence-corrected chi connectivity index (χ3v) is 4.50. The van der Waals surface area contributed by atoms with Crippen LogP contribution in [-0.4, -0.2) is 19.9 Å². The van der Waals surface area contributed by atoms with Crippen LogP contribution in [0, 0.1) is 0 Å². The first-order valence-corrected chi connectivity index (χ1v) is 8.57. The van der Waals surface area contributed by atoms with Crippen molar-refractivity contribution < 1.29 is 8.42 Å². The van der Waals surface area contributed by atoms with Gasteiger partial charge in [-0.05, 0) is 18.1 Å². The predicted octanol–water partition coefficient (Wildman–Crippen LogP) is 2.84. The van der Waals surface area contributed by atoms with E-state index in [0.29, 0.717) is 6.54 Å². The van der Waals surface area contributed by atoms with E-state index in [-0.39, 0.29) is 5.75 Å². The maximum absolute atomic E-state index is 12.1. The summed E-state index contributed by atoms with van der Waals surface area (Å²) < 4.78 is 26.8. The van der Waals surface area contributed by atoms with Crippen molar-refractivity contribution in [1.82, 2.24) is 9.71 Å². The fraction of sp³-hybridized carbons (Fsp3) is 0.400. The van der Waals surface area contributed by atoms with Crippen LogP contribution in [0.2, 0.25) is 0 Å². The molecule has 0 spiro atoms. The van der Waals surface area contributed by atoms with E-state index in [1.54, 1.807) is 6.20 Å². The monoisotopic (exact) mass is 292 g/mol. The fourth-order valence-corrected chi connectivity index (χ4v) is 3.34. The van der Waals surface area contributed by atoms with Crippen LogP contribution in [0.4, 0.5) is 0 Å². The summed E-state index contributed by atoms with van der Waals surface area (Å²) in [6.07, 6.45) is 4.68. The quantitative estimate of drug-likeness (QED) is 0.798. The molecule has 0 amide bonds. The average molecular weight is 292 g/mol. The highest BCUT2D eigenvalue weighted by molar-refractivity contribution is 7.88. The summed E-state index contributed by atoms with van der Waals surface area (Å²) >= 11 is 0. The molecule has 0 unspecified atom stereocenters. The number of nitrogens with zero attached hydrogens (tertiary/aromatic N) is 1. The second kappa shape index (κ2) is 6.81. The van der Waals surface area contributed by atoms with Gasteiger partial charge >= 0.3 is 0 Å². The van der Waals surface area contributed by atoms with Crippen LogP contribution in [-0.2, 0) is 15.8 Å². The van der Waals surface area contributed by atoms with E-state index >= 15 is 0 Å². The van der Waals surface area contributed by atoms with Crippen molar-refractivity contribution in [3.05, 3.63) is 42.1 Å². The summed E-state index contributed by atoms with van der Waals surface area (Å²) in [5, 5.41) is 0.964. The Bertz CT molecular complexity index is 663. The van der Waals surface area contributed by atoms with Crippen LogP contribution in [0.25, 0.3) is 10.9 Å². The highest BCUT2D eigenvalue weighted by Gasteiger charge is 2.13. The molecule has 1 aromatic carbocycles. The van der Waals surface area contributed by atoms with Gasteiger partial charge in [0, 0.05) is 18.1 Å². The first kappa shape index (κ1) is 14.9. The molecule has 5 heteroatoms. The maximum atomic E-state index is 12.1. The van der Waals surface area contributed by atoms with Gasteiger partial charge in [-0.15, -0.1) is 0 Å². The Kier molecular flexibility index (Phi) is 5.09. The van der Waals surface area contributed by atoms with E-state index < -0.39 is 10.0 Å². The van der Waals surface area contributed by atoms with Crippen LogP contribution < -0.4 is 4.72 Å². The van der Waals surface area contributed by atoms with Crippen LogP contribution in [0.3, 0.4) is 0 Å². The Morgan fingerprint density at radius 3 is 2.75 bits per heavy atom. The first-order valence-electron chi connectivity index (χ1n) is 6.92. The van der Waals surface area contributed by atoms with Gasteiger partial charge in [0.05, 0.1) is 11.3 Å². The zero-order chi connectivity index (χ0) is 14.4. The molecule has 0 saturated carbocycles. The molecule has 1 heterocycles. The topological polar surface area (TPSA) is 59.1 Å². The van der Waals surface area contributed by atoms with Crippen molar-refractivity contribution in [2.24, 2.45) is 0 Å². The zero-order valence-electron chi connectivity index (χ0n) is 11.7. The van der Waals surface area contributed by atoms with Gasteiger partial charge in [-0.3, -0.25) is 4.98 Å². The normalized spacial score (nSPS) is 11.8. The van der Waals surface area contributed by atoms with Gasteiger partial charge in [-0.2, -0.15) is 0 Å². The maximum Gasteiger partial charge on any atom is 0.215 e. The lowest BCUT2D eigenvalue weighted by atomic mass is 10.1. The Morgan fingerprint density at radius 2 is 1.95 bits per heavy atom. The third-order valence-electron chi connectivity index (χ3n) is 3.16. The largest absolute Gasteiger partial charge is 0.256 e. The number of nitrogens with one attached hydrogen (secondary N) is 1.